The summed E-state index contributed by atoms with van der Waals surface area (Å²) < 4.78 is 0. The number of fused-ring (bicyclic) bond motifs is 9. The van der Waals surface area contributed by atoms with Crippen LogP contribution in [0.1, 0.15) is 72.9 Å². The van der Waals surface area contributed by atoms with Crippen molar-refractivity contribution in [3.8, 4) is 0 Å². The Labute approximate surface area is 266 Å². The van der Waals surface area contributed by atoms with Crippen molar-refractivity contribution < 1.29 is 0 Å². The van der Waals surface area contributed by atoms with Crippen LogP contribution in [0, 0.1) is 5.92 Å². The molecule has 2 atom stereocenters. The normalized spacial score (nSPS) is 20.5. The van der Waals surface area contributed by atoms with Crippen LogP contribution in [-0.2, 0) is 18.3 Å². The van der Waals surface area contributed by atoms with Crippen molar-refractivity contribution in [2.24, 2.45) is 5.92 Å². The second-order valence-electron chi connectivity index (χ2n) is 14.1. The predicted octanol–water partition coefficient (Wildman–Crippen LogP) is 11.9. The molecule has 45 heavy (non-hydrogen) atoms. The summed E-state index contributed by atoms with van der Waals surface area (Å²) in [6.07, 6.45) is 21.0. The molecule has 0 bridgehead atoms. The Morgan fingerprint density at radius 1 is 0.667 bits per heavy atom. The van der Waals surface area contributed by atoms with Gasteiger partial charge in [-0.25, -0.2) is 0 Å². The molecule has 0 heterocycles. The molecule has 2 unspecified atom stereocenters. The van der Waals surface area contributed by atoms with Gasteiger partial charge in [-0.15, -0.1) is 0 Å². The highest BCUT2D eigenvalue weighted by Gasteiger charge is 2.45. The largest absolute Gasteiger partial charge is 0.309 e. The molecule has 0 radical (unpaired) electrons. The molecule has 0 amide bonds. The molecule has 1 nitrogen and oxygen atoms in total. The van der Waals surface area contributed by atoms with Gasteiger partial charge in [-0.05, 0) is 112 Å². The molecule has 0 N–H and O–H groups in total. The topological polar surface area (TPSA) is 3.24 Å². The van der Waals surface area contributed by atoms with Crippen LogP contribution in [0.5, 0.6) is 0 Å². The molecule has 0 fully saturated rings. The Hall–Kier alpha value is -4.62. The van der Waals surface area contributed by atoms with E-state index in [0.717, 1.165) is 25.7 Å². The van der Waals surface area contributed by atoms with Crippen LogP contribution >= 0.6 is 0 Å². The lowest BCUT2D eigenvalue weighted by atomic mass is 9.73. The molecule has 9 rings (SSSR count). The zero-order valence-corrected chi connectivity index (χ0v) is 26.5. The number of hydrogen-bond acceptors (Lipinski definition) is 1. The van der Waals surface area contributed by atoms with E-state index in [1.165, 1.54) is 77.6 Å². The first-order valence-electron chi connectivity index (χ1n) is 16.7. The number of benzene rings is 5. The van der Waals surface area contributed by atoms with Gasteiger partial charge in [-0.2, -0.15) is 0 Å². The number of rotatable bonds is 3. The maximum atomic E-state index is 2.59. The molecular formula is C44H39N. The van der Waals surface area contributed by atoms with Crippen LogP contribution in [0.25, 0.3) is 33.7 Å². The third kappa shape index (κ3) is 3.99. The molecule has 0 aliphatic heterocycles. The molecule has 0 spiro atoms. The van der Waals surface area contributed by atoms with E-state index in [1.54, 1.807) is 0 Å². The molecule has 220 valence electrons. The molecule has 0 aromatic heterocycles. The van der Waals surface area contributed by atoms with E-state index in [1.807, 2.05) is 0 Å². The first-order chi connectivity index (χ1) is 22.0. The number of nitrogens with zero attached hydrogens (tertiary/aromatic N) is 1. The Balaban J connectivity index is 1.36. The van der Waals surface area contributed by atoms with Gasteiger partial charge in [0.25, 0.3) is 0 Å². The second kappa shape index (κ2) is 9.94. The Kier molecular flexibility index (Phi) is 5.91. The first kappa shape index (κ1) is 26.8. The lowest BCUT2D eigenvalue weighted by molar-refractivity contribution is 0.392. The van der Waals surface area contributed by atoms with Crippen LogP contribution < -0.4 is 4.90 Å². The van der Waals surface area contributed by atoms with Gasteiger partial charge in [0.1, 0.15) is 0 Å². The Morgan fingerprint density at radius 2 is 1.24 bits per heavy atom. The highest BCUT2D eigenvalue weighted by molar-refractivity contribution is 6.08. The van der Waals surface area contributed by atoms with E-state index < -0.39 is 0 Å². The number of hydrogen-bond donors (Lipinski definition) is 0. The third-order valence-electron chi connectivity index (χ3n) is 11.1. The van der Waals surface area contributed by atoms with Gasteiger partial charge in [0, 0.05) is 22.4 Å². The van der Waals surface area contributed by atoms with Crippen LogP contribution in [0.3, 0.4) is 0 Å². The van der Waals surface area contributed by atoms with Crippen LogP contribution in [0.15, 0.2) is 115 Å². The van der Waals surface area contributed by atoms with Crippen molar-refractivity contribution in [1.29, 1.82) is 0 Å². The smallest absolute Gasteiger partial charge is 0.0546 e. The van der Waals surface area contributed by atoms with Crippen molar-refractivity contribution in [3.63, 3.8) is 0 Å². The molecule has 4 aliphatic rings. The van der Waals surface area contributed by atoms with Gasteiger partial charge < -0.3 is 4.90 Å². The maximum absolute atomic E-state index is 2.59. The van der Waals surface area contributed by atoms with E-state index in [-0.39, 0.29) is 5.41 Å². The molecule has 4 aliphatic carbocycles. The summed E-state index contributed by atoms with van der Waals surface area (Å²) >= 11 is 0. The van der Waals surface area contributed by atoms with Gasteiger partial charge in [0.15, 0.2) is 0 Å². The molecule has 0 saturated carbocycles. The molecule has 5 aromatic carbocycles. The fourth-order valence-corrected chi connectivity index (χ4v) is 8.87. The van der Waals surface area contributed by atoms with E-state index >= 15 is 0 Å². The Morgan fingerprint density at radius 3 is 1.84 bits per heavy atom. The van der Waals surface area contributed by atoms with E-state index in [9.17, 15) is 0 Å². The van der Waals surface area contributed by atoms with Crippen molar-refractivity contribution in [1.82, 2.24) is 0 Å². The first-order valence-corrected chi connectivity index (χ1v) is 16.7. The van der Waals surface area contributed by atoms with Gasteiger partial charge in [0.05, 0.1) is 11.4 Å². The number of aryl methyl sites for hydroxylation is 2. The summed E-state index contributed by atoms with van der Waals surface area (Å²) in [4.78, 5) is 2.59. The second-order valence-corrected chi connectivity index (χ2v) is 14.1. The highest BCUT2D eigenvalue weighted by atomic mass is 15.1. The average molecular weight is 582 g/mol. The van der Waals surface area contributed by atoms with Gasteiger partial charge in [-0.1, -0.05) is 117 Å². The van der Waals surface area contributed by atoms with Crippen molar-refractivity contribution in [2.45, 2.75) is 57.8 Å². The quantitative estimate of drug-likeness (QED) is 0.205. The molecular weight excluding hydrogens is 542 g/mol. The zero-order chi connectivity index (χ0) is 30.3. The minimum Gasteiger partial charge on any atom is -0.309 e. The summed E-state index contributed by atoms with van der Waals surface area (Å²) in [6.45, 7) is 7.14. The lowest BCUT2D eigenvalue weighted by Gasteiger charge is -2.33. The van der Waals surface area contributed by atoms with Crippen molar-refractivity contribution >= 4 is 50.8 Å². The SMILES string of the molecule is CC1=CC2C(C=C1)c1ccc(N(c3cc4c(c5ccccc35)CCC=C4)c3cc4c(c5ccccc35)CCC=C4)cc1C2(C)C. The van der Waals surface area contributed by atoms with E-state index in [2.05, 4.69) is 147 Å². The minimum absolute atomic E-state index is 0.0367. The van der Waals surface area contributed by atoms with Gasteiger partial charge >= 0.3 is 0 Å². The number of anilines is 3. The fraction of sp³-hybridized carbons (Fsp3) is 0.227. The zero-order valence-electron chi connectivity index (χ0n) is 26.5. The van der Waals surface area contributed by atoms with Crippen molar-refractivity contribution in [2.75, 3.05) is 4.90 Å². The fourth-order valence-electron chi connectivity index (χ4n) is 8.87. The summed E-state index contributed by atoms with van der Waals surface area (Å²) in [7, 11) is 0. The Bertz CT molecular complexity index is 2060. The van der Waals surface area contributed by atoms with Crippen LogP contribution in [0.4, 0.5) is 17.1 Å². The third-order valence-corrected chi connectivity index (χ3v) is 11.1. The standard InChI is InChI=1S/C44H39N/c1-28-20-22-36-37-23-21-31(27-41(37)44(2,3)40(36)24-28)45(42-25-29-12-4-6-14-32(29)34-16-8-10-18-38(34)42)43-26-30-13-5-7-15-33(30)35-17-9-11-19-39(35)43/h4-5,8-13,16-27,36,40H,6-7,14-15H2,1-3H3. The lowest BCUT2D eigenvalue weighted by Crippen LogP contribution is -2.25. The molecule has 0 saturated heterocycles. The molecule has 5 aromatic rings. The monoisotopic (exact) mass is 581 g/mol. The number of allylic oxidation sites excluding steroid dienone is 6. The molecule has 1 heteroatoms. The maximum Gasteiger partial charge on any atom is 0.0546 e. The summed E-state index contributed by atoms with van der Waals surface area (Å²) in [5, 5.41) is 5.39. The minimum atomic E-state index is 0.0367. The summed E-state index contributed by atoms with van der Waals surface area (Å²) in [6, 6.07) is 30.4. The van der Waals surface area contributed by atoms with E-state index in [4.69, 9.17) is 0 Å². The van der Waals surface area contributed by atoms with Crippen LogP contribution in [-0.4, -0.2) is 0 Å². The van der Waals surface area contributed by atoms with Gasteiger partial charge in [-0.3, -0.25) is 0 Å². The van der Waals surface area contributed by atoms with E-state index in [0.29, 0.717) is 11.8 Å². The highest BCUT2D eigenvalue weighted by Crippen LogP contribution is 2.55. The predicted molar refractivity (Wildman–Crippen MR) is 193 cm³/mol. The summed E-state index contributed by atoms with van der Waals surface area (Å²) in [5.41, 5.74) is 13.8. The summed E-state index contributed by atoms with van der Waals surface area (Å²) in [5.74, 6) is 0.913. The average Bonchev–Trinajstić information content (AvgIpc) is 3.30. The van der Waals surface area contributed by atoms with Gasteiger partial charge in [0.2, 0.25) is 0 Å². The van der Waals surface area contributed by atoms with Crippen LogP contribution in [0.2, 0.25) is 0 Å². The van der Waals surface area contributed by atoms with Crippen molar-refractivity contribution in [3.05, 3.63) is 148 Å².